The third kappa shape index (κ3) is 13.0. The normalized spacial score (nSPS) is 11.1. The summed E-state index contributed by atoms with van der Waals surface area (Å²) in [6, 6.07) is 4.83. The van der Waals surface area contributed by atoms with Gasteiger partial charge in [0, 0.05) is 18.2 Å². The number of methoxy groups -OCH3 is 1. The molecule has 0 unspecified atom stereocenters. The molecule has 0 heterocycles. The number of amides is 1. The second-order valence-electron chi connectivity index (χ2n) is 7.77. The summed E-state index contributed by atoms with van der Waals surface area (Å²) in [5.41, 5.74) is 0.650. The molecule has 1 rings (SSSR count). The van der Waals surface area contributed by atoms with Gasteiger partial charge in [-0.15, -0.1) is 0 Å². The zero-order valence-electron chi connectivity index (χ0n) is 18.5. The van der Waals surface area contributed by atoms with Crippen LogP contribution >= 0.6 is 0 Å². The van der Waals surface area contributed by atoms with Gasteiger partial charge in [0.05, 0.1) is 7.11 Å². The van der Waals surface area contributed by atoms with Gasteiger partial charge in [-0.2, -0.15) is 0 Å². The topological polar surface area (TPSA) is 58.6 Å². The van der Waals surface area contributed by atoms with Gasteiger partial charge in [-0.05, 0) is 44.2 Å². The molecule has 0 aromatic heterocycles. The number of anilines is 1. The molecule has 4 heteroatoms. The summed E-state index contributed by atoms with van der Waals surface area (Å²) in [6.45, 7) is 2.26. The fourth-order valence-electron chi connectivity index (χ4n) is 3.34. The molecule has 2 N–H and O–H groups in total. The second-order valence-corrected chi connectivity index (χ2v) is 7.77. The number of hydrogen-bond donors (Lipinski definition) is 2. The summed E-state index contributed by atoms with van der Waals surface area (Å²) in [5, 5.41) is 12.4. The number of allylic oxidation sites excluding steroid dienone is 2. The van der Waals surface area contributed by atoms with E-state index in [-0.39, 0.29) is 11.7 Å². The number of ether oxygens (including phenoxy) is 1. The Morgan fingerprint density at radius 2 is 1.52 bits per heavy atom. The summed E-state index contributed by atoms with van der Waals surface area (Å²) in [7, 11) is 1.49. The average Bonchev–Trinajstić information content (AvgIpc) is 2.72. The van der Waals surface area contributed by atoms with Crippen LogP contribution < -0.4 is 10.1 Å². The van der Waals surface area contributed by atoms with Crippen LogP contribution in [0.2, 0.25) is 0 Å². The highest BCUT2D eigenvalue weighted by molar-refractivity contribution is 5.91. The monoisotopic (exact) mass is 403 g/mol. The van der Waals surface area contributed by atoms with E-state index in [1.807, 2.05) is 0 Å². The molecule has 164 valence electrons. The van der Waals surface area contributed by atoms with E-state index in [9.17, 15) is 9.90 Å². The molecule has 4 nitrogen and oxygen atoms in total. The quantitative estimate of drug-likeness (QED) is 0.162. The van der Waals surface area contributed by atoms with Gasteiger partial charge >= 0.3 is 0 Å². The lowest BCUT2D eigenvalue weighted by Crippen LogP contribution is -2.11. The molecule has 29 heavy (non-hydrogen) atoms. The minimum absolute atomic E-state index is 0.00960. The van der Waals surface area contributed by atoms with E-state index in [2.05, 4.69) is 24.4 Å². The first kappa shape index (κ1) is 25.1. The van der Waals surface area contributed by atoms with Crippen molar-refractivity contribution in [3.8, 4) is 11.5 Å². The summed E-state index contributed by atoms with van der Waals surface area (Å²) in [5.74, 6) is 0.446. The highest BCUT2D eigenvalue weighted by atomic mass is 16.5. The predicted octanol–water partition coefficient (Wildman–Crippen LogP) is 7.38. The zero-order valence-corrected chi connectivity index (χ0v) is 18.5. The number of benzene rings is 1. The van der Waals surface area contributed by atoms with E-state index in [4.69, 9.17) is 4.74 Å². The maximum absolute atomic E-state index is 12.0. The third-order valence-corrected chi connectivity index (χ3v) is 5.13. The number of carbonyl (C=O) groups excluding carboxylic acids is 1. The minimum atomic E-state index is 0.00960. The van der Waals surface area contributed by atoms with Gasteiger partial charge in [0.2, 0.25) is 5.91 Å². The van der Waals surface area contributed by atoms with Crippen LogP contribution in [0.5, 0.6) is 11.5 Å². The van der Waals surface area contributed by atoms with Crippen LogP contribution in [-0.2, 0) is 4.79 Å². The Labute approximate surface area is 177 Å². The summed E-state index contributed by atoms with van der Waals surface area (Å²) < 4.78 is 5.05. The standard InChI is InChI=1S/C25H41NO3/c1-3-4-5-6-7-8-9-10-11-12-13-14-15-16-17-18-25(28)26-22-19-20-23(27)24(21-22)29-2/h10-11,19-21,27H,3-9,12-18H2,1-2H3,(H,26,28)/b11-10+. The van der Waals surface area contributed by atoms with Gasteiger partial charge in [0.25, 0.3) is 0 Å². The van der Waals surface area contributed by atoms with Crippen molar-refractivity contribution in [2.24, 2.45) is 0 Å². The number of phenols is 1. The Hall–Kier alpha value is -1.97. The van der Waals surface area contributed by atoms with Crippen molar-refractivity contribution >= 4 is 11.6 Å². The van der Waals surface area contributed by atoms with E-state index >= 15 is 0 Å². The summed E-state index contributed by atoms with van der Waals surface area (Å²) >= 11 is 0. The van der Waals surface area contributed by atoms with Crippen LogP contribution in [0.3, 0.4) is 0 Å². The van der Waals surface area contributed by atoms with E-state index in [0.717, 1.165) is 12.8 Å². The second kappa shape index (κ2) is 16.9. The van der Waals surface area contributed by atoms with Crippen LogP contribution in [0.1, 0.15) is 96.8 Å². The number of carbonyl (C=O) groups is 1. The average molecular weight is 404 g/mol. The van der Waals surface area contributed by atoms with Crippen molar-refractivity contribution in [1.29, 1.82) is 0 Å². The largest absolute Gasteiger partial charge is 0.504 e. The fourth-order valence-corrected chi connectivity index (χ4v) is 3.34. The first-order valence-electron chi connectivity index (χ1n) is 11.5. The lowest BCUT2D eigenvalue weighted by molar-refractivity contribution is -0.116. The van der Waals surface area contributed by atoms with Crippen molar-refractivity contribution in [2.45, 2.75) is 96.8 Å². The molecule has 0 spiro atoms. The molecular weight excluding hydrogens is 362 g/mol. The fraction of sp³-hybridized carbons (Fsp3) is 0.640. The molecule has 0 saturated carbocycles. The van der Waals surface area contributed by atoms with Gasteiger partial charge in [-0.3, -0.25) is 4.79 Å². The molecule has 1 amide bonds. The molecule has 1 aromatic carbocycles. The van der Waals surface area contributed by atoms with Crippen LogP contribution in [-0.4, -0.2) is 18.1 Å². The van der Waals surface area contributed by atoms with Crippen molar-refractivity contribution in [1.82, 2.24) is 0 Å². The number of phenolic OH excluding ortho intramolecular Hbond substituents is 1. The Balaban J connectivity index is 1.95. The number of rotatable bonds is 17. The number of nitrogens with one attached hydrogen (secondary N) is 1. The van der Waals surface area contributed by atoms with Crippen LogP contribution in [0, 0.1) is 0 Å². The molecule has 1 aromatic rings. The van der Waals surface area contributed by atoms with Crippen molar-refractivity contribution in [2.75, 3.05) is 12.4 Å². The molecule has 0 aliphatic carbocycles. The minimum Gasteiger partial charge on any atom is -0.504 e. The van der Waals surface area contributed by atoms with E-state index < -0.39 is 0 Å². The molecule has 0 fully saturated rings. The van der Waals surface area contributed by atoms with Gasteiger partial charge < -0.3 is 15.2 Å². The van der Waals surface area contributed by atoms with E-state index in [0.29, 0.717) is 17.9 Å². The van der Waals surface area contributed by atoms with E-state index in [1.165, 1.54) is 83.8 Å². The Bertz CT molecular complexity index is 583. The summed E-state index contributed by atoms with van der Waals surface area (Å²) in [6.07, 6.45) is 21.5. The molecule has 0 saturated heterocycles. The zero-order chi connectivity index (χ0) is 21.2. The van der Waals surface area contributed by atoms with Crippen LogP contribution in [0.25, 0.3) is 0 Å². The number of unbranched alkanes of at least 4 members (excludes halogenated alkanes) is 11. The molecule has 0 aliphatic heterocycles. The lowest BCUT2D eigenvalue weighted by atomic mass is 10.1. The Morgan fingerprint density at radius 1 is 0.931 bits per heavy atom. The molecular formula is C25H41NO3. The molecule has 0 radical (unpaired) electrons. The highest BCUT2D eigenvalue weighted by Crippen LogP contribution is 2.28. The van der Waals surface area contributed by atoms with Gasteiger partial charge in [0.15, 0.2) is 11.5 Å². The predicted molar refractivity (Wildman–Crippen MR) is 123 cm³/mol. The third-order valence-electron chi connectivity index (χ3n) is 5.13. The first-order valence-corrected chi connectivity index (χ1v) is 11.5. The maximum Gasteiger partial charge on any atom is 0.224 e. The van der Waals surface area contributed by atoms with E-state index in [1.54, 1.807) is 12.1 Å². The van der Waals surface area contributed by atoms with Crippen molar-refractivity contribution in [3.05, 3.63) is 30.4 Å². The Morgan fingerprint density at radius 3 is 2.14 bits per heavy atom. The SMILES string of the molecule is CCCCCCCC/C=C/CCCCCCCC(=O)Nc1ccc(O)c(OC)c1. The molecule has 0 bridgehead atoms. The van der Waals surface area contributed by atoms with Crippen molar-refractivity contribution in [3.63, 3.8) is 0 Å². The molecule has 0 atom stereocenters. The number of hydrogen-bond acceptors (Lipinski definition) is 3. The highest BCUT2D eigenvalue weighted by Gasteiger charge is 2.06. The van der Waals surface area contributed by atoms with Crippen molar-refractivity contribution < 1.29 is 14.6 Å². The van der Waals surface area contributed by atoms with Crippen LogP contribution in [0.15, 0.2) is 30.4 Å². The lowest BCUT2D eigenvalue weighted by Gasteiger charge is -2.08. The Kier molecular flexibility index (Phi) is 14.6. The summed E-state index contributed by atoms with van der Waals surface area (Å²) in [4.78, 5) is 12.0. The van der Waals surface area contributed by atoms with Crippen LogP contribution in [0.4, 0.5) is 5.69 Å². The van der Waals surface area contributed by atoms with Gasteiger partial charge in [-0.1, -0.05) is 70.4 Å². The number of aromatic hydroxyl groups is 1. The molecule has 0 aliphatic rings. The van der Waals surface area contributed by atoms with Gasteiger partial charge in [0.1, 0.15) is 0 Å². The maximum atomic E-state index is 12.0. The first-order chi connectivity index (χ1) is 14.2. The van der Waals surface area contributed by atoms with Gasteiger partial charge in [-0.25, -0.2) is 0 Å². The smallest absolute Gasteiger partial charge is 0.224 e.